The van der Waals surface area contributed by atoms with E-state index in [2.05, 4.69) is 4.72 Å². The topological polar surface area (TPSA) is 83.1 Å². The number of fused-ring (bicyclic) bond motifs is 1. The number of hydrogen-bond acceptors (Lipinski definition) is 6. The Kier molecular flexibility index (Phi) is 5.36. The second-order valence-electron chi connectivity index (χ2n) is 6.14. The van der Waals surface area contributed by atoms with Crippen LogP contribution in [0.2, 0.25) is 0 Å². The third kappa shape index (κ3) is 3.90. The molecule has 0 bridgehead atoms. The molecular formula is C19H23NO6S. The van der Waals surface area contributed by atoms with Gasteiger partial charge in [0.25, 0.3) is 10.0 Å². The van der Waals surface area contributed by atoms with Crippen LogP contribution >= 0.6 is 0 Å². The van der Waals surface area contributed by atoms with E-state index >= 15 is 0 Å². The summed E-state index contributed by atoms with van der Waals surface area (Å²) in [6, 6.07) is 7.91. The lowest BCUT2D eigenvalue weighted by Gasteiger charge is -2.15. The molecule has 0 radical (unpaired) electrons. The van der Waals surface area contributed by atoms with Crippen molar-refractivity contribution in [3.05, 3.63) is 35.9 Å². The third-order valence-electron chi connectivity index (χ3n) is 4.21. The molecule has 0 aromatic heterocycles. The van der Waals surface area contributed by atoms with E-state index in [0.29, 0.717) is 35.3 Å². The Morgan fingerprint density at radius 3 is 2.52 bits per heavy atom. The highest BCUT2D eigenvalue weighted by atomic mass is 32.2. The average molecular weight is 393 g/mol. The summed E-state index contributed by atoms with van der Waals surface area (Å²) >= 11 is 0. The van der Waals surface area contributed by atoms with Crippen LogP contribution in [0.3, 0.4) is 0 Å². The molecule has 1 N–H and O–H groups in total. The molecule has 0 saturated heterocycles. The Morgan fingerprint density at radius 2 is 1.85 bits per heavy atom. The highest BCUT2D eigenvalue weighted by Crippen LogP contribution is 2.39. The van der Waals surface area contributed by atoms with Gasteiger partial charge in [-0.2, -0.15) is 0 Å². The Balaban J connectivity index is 1.97. The van der Waals surface area contributed by atoms with Gasteiger partial charge < -0.3 is 18.9 Å². The van der Waals surface area contributed by atoms with Gasteiger partial charge in [0.15, 0.2) is 11.5 Å². The molecule has 27 heavy (non-hydrogen) atoms. The third-order valence-corrected chi connectivity index (χ3v) is 5.57. The Bertz CT molecular complexity index is 941. The van der Waals surface area contributed by atoms with Crippen molar-refractivity contribution in [2.75, 3.05) is 25.5 Å². The first kappa shape index (κ1) is 19.2. The molecular weight excluding hydrogens is 370 g/mol. The molecule has 8 heteroatoms. The maximum absolute atomic E-state index is 12.9. The lowest BCUT2D eigenvalue weighted by Crippen LogP contribution is -2.14. The smallest absolute Gasteiger partial charge is 0.262 e. The van der Waals surface area contributed by atoms with Crippen molar-refractivity contribution in [3.8, 4) is 23.0 Å². The van der Waals surface area contributed by atoms with Crippen molar-refractivity contribution in [2.45, 2.75) is 31.3 Å². The molecule has 0 saturated carbocycles. The van der Waals surface area contributed by atoms with Crippen molar-refractivity contribution in [1.82, 2.24) is 0 Å². The van der Waals surface area contributed by atoms with Gasteiger partial charge >= 0.3 is 0 Å². The maximum Gasteiger partial charge on any atom is 0.262 e. The van der Waals surface area contributed by atoms with Crippen molar-refractivity contribution in [1.29, 1.82) is 0 Å². The number of benzene rings is 2. The quantitative estimate of drug-likeness (QED) is 0.778. The summed E-state index contributed by atoms with van der Waals surface area (Å²) < 4.78 is 50.1. The first-order valence-corrected chi connectivity index (χ1v) is 10.1. The van der Waals surface area contributed by atoms with E-state index in [1.807, 2.05) is 19.9 Å². The number of ether oxygens (including phenoxy) is 4. The largest absolute Gasteiger partial charge is 0.493 e. The molecule has 1 aliphatic rings. The second-order valence-corrected chi connectivity index (χ2v) is 7.83. The van der Waals surface area contributed by atoms with Crippen LogP contribution in [0, 0.1) is 0 Å². The molecule has 7 nitrogen and oxygen atoms in total. The van der Waals surface area contributed by atoms with Crippen LogP contribution in [-0.2, 0) is 16.4 Å². The van der Waals surface area contributed by atoms with E-state index in [4.69, 9.17) is 18.9 Å². The van der Waals surface area contributed by atoms with Crippen LogP contribution in [0.4, 0.5) is 5.69 Å². The van der Waals surface area contributed by atoms with E-state index in [1.54, 1.807) is 12.1 Å². The van der Waals surface area contributed by atoms with Crippen LogP contribution < -0.4 is 23.7 Å². The van der Waals surface area contributed by atoms with Crippen LogP contribution in [0.15, 0.2) is 35.2 Å². The summed E-state index contributed by atoms with van der Waals surface area (Å²) in [7, 11) is -0.921. The number of nitrogens with one attached hydrogen (secondary N) is 1. The van der Waals surface area contributed by atoms with E-state index in [1.165, 1.54) is 26.4 Å². The first-order valence-electron chi connectivity index (χ1n) is 8.59. The van der Waals surface area contributed by atoms with Crippen LogP contribution in [0.5, 0.6) is 23.0 Å². The van der Waals surface area contributed by atoms with Gasteiger partial charge in [-0.05, 0) is 32.0 Å². The lowest BCUT2D eigenvalue weighted by molar-refractivity contribution is 0.254. The fourth-order valence-electron chi connectivity index (χ4n) is 2.98. The zero-order valence-corrected chi connectivity index (χ0v) is 16.6. The standard InChI is InChI=1S/C19H23NO6S/c1-5-25-18-9-13-8-12(2)26-17(13)11-15(18)20-27(21,22)14-6-7-16(23-3)19(10-14)24-4/h6-7,9-12,20H,5,8H2,1-4H3/t12-/m0/s1. The molecule has 2 aromatic rings. The molecule has 1 heterocycles. The van der Waals surface area contributed by atoms with Crippen LogP contribution in [0.25, 0.3) is 0 Å². The van der Waals surface area contributed by atoms with Gasteiger partial charge in [0.05, 0.1) is 31.4 Å². The zero-order valence-electron chi connectivity index (χ0n) is 15.7. The Morgan fingerprint density at radius 1 is 1.11 bits per heavy atom. The Labute approximate surface area is 159 Å². The summed E-state index contributed by atoms with van der Waals surface area (Å²) in [6.45, 7) is 4.23. The predicted octanol–water partition coefficient (Wildman–Crippen LogP) is 3.23. The van der Waals surface area contributed by atoms with E-state index in [-0.39, 0.29) is 11.0 Å². The van der Waals surface area contributed by atoms with Gasteiger partial charge in [0.1, 0.15) is 17.6 Å². The molecule has 3 rings (SSSR count). The minimum Gasteiger partial charge on any atom is -0.493 e. The molecule has 0 amide bonds. The maximum atomic E-state index is 12.9. The zero-order chi connectivity index (χ0) is 19.6. The average Bonchev–Trinajstić information content (AvgIpc) is 3.00. The second kappa shape index (κ2) is 7.56. The molecule has 0 unspecified atom stereocenters. The van der Waals surface area contributed by atoms with Crippen LogP contribution in [-0.4, -0.2) is 35.3 Å². The molecule has 0 aliphatic carbocycles. The van der Waals surface area contributed by atoms with Crippen molar-refractivity contribution < 1.29 is 27.4 Å². The highest BCUT2D eigenvalue weighted by Gasteiger charge is 2.25. The molecule has 0 fully saturated rings. The lowest BCUT2D eigenvalue weighted by atomic mass is 10.1. The Hall–Kier alpha value is -2.61. The molecule has 146 valence electrons. The SMILES string of the molecule is CCOc1cc2c(cc1NS(=O)(=O)c1ccc(OC)c(OC)c1)O[C@@H](C)C2. The van der Waals surface area contributed by atoms with Gasteiger partial charge in [0.2, 0.25) is 0 Å². The molecule has 1 atom stereocenters. The minimum absolute atomic E-state index is 0.0483. The molecule has 0 spiro atoms. The van der Waals surface area contributed by atoms with Crippen molar-refractivity contribution in [3.63, 3.8) is 0 Å². The number of rotatable bonds is 7. The fraction of sp³-hybridized carbons (Fsp3) is 0.368. The summed E-state index contributed by atoms with van der Waals surface area (Å²) in [5.41, 5.74) is 1.33. The van der Waals surface area contributed by atoms with E-state index in [0.717, 1.165) is 12.0 Å². The molecule has 1 aliphatic heterocycles. The van der Waals surface area contributed by atoms with E-state index in [9.17, 15) is 8.42 Å². The summed E-state index contributed by atoms with van der Waals surface area (Å²) in [5.74, 6) is 1.91. The number of anilines is 1. The first-order chi connectivity index (χ1) is 12.9. The monoisotopic (exact) mass is 393 g/mol. The van der Waals surface area contributed by atoms with Gasteiger partial charge in [-0.3, -0.25) is 4.72 Å². The van der Waals surface area contributed by atoms with Crippen molar-refractivity contribution >= 4 is 15.7 Å². The fourth-order valence-corrected chi connectivity index (χ4v) is 4.06. The normalized spacial score (nSPS) is 15.6. The van der Waals surface area contributed by atoms with Crippen LogP contribution in [0.1, 0.15) is 19.4 Å². The van der Waals surface area contributed by atoms with Gasteiger partial charge in [0, 0.05) is 24.1 Å². The van der Waals surface area contributed by atoms with E-state index < -0.39 is 10.0 Å². The van der Waals surface area contributed by atoms with Gasteiger partial charge in [-0.15, -0.1) is 0 Å². The number of sulfonamides is 1. The summed E-state index contributed by atoms with van der Waals surface area (Å²) in [5, 5.41) is 0. The highest BCUT2D eigenvalue weighted by molar-refractivity contribution is 7.92. The van der Waals surface area contributed by atoms with Gasteiger partial charge in [-0.1, -0.05) is 0 Å². The number of hydrogen-bond donors (Lipinski definition) is 1. The van der Waals surface area contributed by atoms with Gasteiger partial charge in [-0.25, -0.2) is 8.42 Å². The summed E-state index contributed by atoms with van der Waals surface area (Å²) in [4.78, 5) is 0.0531. The van der Waals surface area contributed by atoms with Crippen molar-refractivity contribution in [2.24, 2.45) is 0 Å². The number of methoxy groups -OCH3 is 2. The summed E-state index contributed by atoms with van der Waals surface area (Å²) in [6.07, 6.45) is 0.810. The molecule has 2 aromatic carbocycles. The predicted molar refractivity (Wildman–Crippen MR) is 102 cm³/mol. The minimum atomic E-state index is -3.86.